The summed E-state index contributed by atoms with van der Waals surface area (Å²) in [4.78, 5) is 13.0. The number of ether oxygens (including phenoxy) is 2. The van der Waals surface area contributed by atoms with E-state index in [2.05, 4.69) is 5.32 Å². The van der Waals surface area contributed by atoms with Crippen LogP contribution < -0.4 is 14.8 Å². The maximum atomic E-state index is 13.4. The highest BCUT2D eigenvalue weighted by molar-refractivity contribution is 7.89. The Hall–Kier alpha value is -2.58. The van der Waals surface area contributed by atoms with Crippen LogP contribution in [-0.2, 0) is 21.4 Å². The topological polar surface area (TPSA) is 84.9 Å². The van der Waals surface area contributed by atoms with Crippen LogP contribution in [0.15, 0.2) is 53.4 Å². The highest BCUT2D eigenvalue weighted by atomic mass is 32.2. The summed E-state index contributed by atoms with van der Waals surface area (Å²) < 4.78 is 38.6. The van der Waals surface area contributed by atoms with Gasteiger partial charge in [0.1, 0.15) is 16.4 Å². The van der Waals surface area contributed by atoms with Crippen LogP contribution in [-0.4, -0.2) is 45.9 Å². The van der Waals surface area contributed by atoms with Gasteiger partial charge < -0.3 is 14.8 Å². The van der Waals surface area contributed by atoms with Crippen molar-refractivity contribution in [2.75, 3.05) is 27.3 Å². The quantitative estimate of drug-likeness (QED) is 0.727. The van der Waals surface area contributed by atoms with Crippen molar-refractivity contribution in [3.8, 4) is 11.5 Å². The molecule has 1 N–H and O–H groups in total. The molecule has 0 aliphatic carbocycles. The molecule has 8 heteroatoms. The van der Waals surface area contributed by atoms with Crippen LogP contribution in [0.25, 0.3) is 0 Å². The molecule has 0 spiro atoms. The average Bonchev–Trinajstić information content (AvgIpc) is 2.77. The monoisotopic (exact) mass is 432 g/mol. The van der Waals surface area contributed by atoms with Crippen LogP contribution in [0.3, 0.4) is 0 Å². The van der Waals surface area contributed by atoms with Gasteiger partial charge in [-0.25, -0.2) is 8.42 Å². The first-order valence-electron chi connectivity index (χ1n) is 9.84. The molecule has 162 valence electrons. The zero-order chi connectivity index (χ0) is 21.8. The maximum absolute atomic E-state index is 13.4. The minimum Gasteiger partial charge on any atom is -0.497 e. The van der Waals surface area contributed by atoms with Crippen LogP contribution in [0.4, 0.5) is 0 Å². The number of sulfonamides is 1. The number of hydrogen-bond acceptors (Lipinski definition) is 5. The molecule has 0 saturated carbocycles. The summed E-state index contributed by atoms with van der Waals surface area (Å²) in [7, 11) is -0.953. The van der Waals surface area contributed by atoms with Crippen molar-refractivity contribution in [2.45, 2.75) is 31.2 Å². The Labute approximate surface area is 178 Å². The first-order chi connectivity index (χ1) is 14.3. The zero-order valence-corrected chi connectivity index (χ0v) is 18.4. The molecule has 0 aromatic heterocycles. The van der Waals surface area contributed by atoms with E-state index >= 15 is 0 Å². The molecule has 1 aliphatic rings. The van der Waals surface area contributed by atoms with E-state index in [1.807, 2.05) is 37.3 Å². The van der Waals surface area contributed by atoms with Gasteiger partial charge in [0.15, 0.2) is 0 Å². The van der Waals surface area contributed by atoms with Crippen LogP contribution in [0.2, 0.25) is 0 Å². The van der Waals surface area contributed by atoms with Gasteiger partial charge in [0.2, 0.25) is 15.9 Å². The normalized spacial score (nSPS) is 19.8. The van der Waals surface area contributed by atoms with Crippen molar-refractivity contribution in [1.82, 2.24) is 9.62 Å². The summed E-state index contributed by atoms with van der Waals surface area (Å²) in [5, 5.41) is 2.96. The molecule has 7 nitrogen and oxygen atoms in total. The Kier molecular flexibility index (Phi) is 6.67. The summed E-state index contributed by atoms with van der Waals surface area (Å²) >= 11 is 0. The van der Waals surface area contributed by atoms with E-state index in [0.29, 0.717) is 31.7 Å². The van der Waals surface area contributed by atoms with E-state index in [9.17, 15) is 13.2 Å². The SMILES string of the molecule is COc1ccc(OC)c(S(=O)(=O)N2CCC[C@](C)(C(=O)NCc3ccccc3)C2)c1. The van der Waals surface area contributed by atoms with Crippen LogP contribution in [0.5, 0.6) is 11.5 Å². The number of carbonyl (C=O) groups is 1. The van der Waals surface area contributed by atoms with Crippen molar-refractivity contribution in [2.24, 2.45) is 5.41 Å². The molecular formula is C22H28N2O5S. The lowest BCUT2D eigenvalue weighted by Gasteiger charge is -2.38. The van der Waals surface area contributed by atoms with Crippen LogP contribution >= 0.6 is 0 Å². The van der Waals surface area contributed by atoms with Crippen LogP contribution in [0, 0.1) is 5.41 Å². The summed E-state index contributed by atoms with van der Waals surface area (Å²) in [5.74, 6) is 0.523. The van der Waals surface area contributed by atoms with E-state index in [4.69, 9.17) is 9.47 Å². The van der Waals surface area contributed by atoms with Gasteiger partial charge in [0.25, 0.3) is 0 Å². The van der Waals surface area contributed by atoms with E-state index in [0.717, 1.165) is 5.56 Å². The molecule has 1 amide bonds. The van der Waals surface area contributed by atoms with Gasteiger partial charge in [-0.2, -0.15) is 4.31 Å². The second-order valence-electron chi connectivity index (χ2n) is 7.69. The zero-order valence-electron chi connectivity index (χ0n) is 17.6. The molecular weight excluding hydrogens is 404 g/mol. The van der Waals surface area contributed by atoms with Crippen molar-refractivity contribution >= 4 is 15.9 Å². The number of rotatable bonds is 7. The summed E-state index contributed by atoms with van der Waals surface area (Å²) in [6.07, 6.45) is 1.22. The molecule has 1 aliphatic heterocycles. The fourth-order valence-corrected chi connectivity index (χ4v) is 5.47. The predicted molar refractivity (Wildman–Crippen MR) is 114 cm³/mol. The number of methoxy groups -OCH3 is 2. The molecule has 30 heavy (non-hydrogen) atoms. The van der Waals surface area contributed by atoms with Crippen molar-refractivity contribution in [3.63, 3.8) is 0 Å². The Balaban J connectivity index is 1.80. The third kappa shape index (κ3) is 4.60. The molecule has 1 fully saturated rings. The van der Waals surface area contributed by atoms with Gasteiger partial charge in [-0.3, -0.25) is 4.79 Å². The third-order valence-electron chi connectivity index (χ3n) is 5.49. The second kappa shape index (κ2) is 9.06. The smallest absolute Gasteiger partial charge is 0.246 e. The molecule has 1 heterocycles. The lowest BCUT2D eigenvalue weighted by Crippen LogP contribution is -2.51. The first-order valence-corrected chi connectivity index (χ1v) is 11.3. The van der Waals surface area contributed by atoms with E-state index < -0.39 is 15.4 Å². The van der Waals surface area contributed by atoms with E-state index in [1.54, 1.807) is 12.1 Å². The molecule has 1 saturated heterocycles. The molecule has 2 aromatic carbocycles. The predicted octanol–water partition coefficient (Wildman–Crippen LogP) is 2.81. The summed E-state index contributed by atoms with van der Waals surface area (Å²) in [6.45, 7) is 2.68. The van der Waals surface area contributed by atoms with Crippen LogP contribution in [0.1, 0.15) is 25.3 Å². The van der Waals surface area contributed by atoms with Gasteiger partial charge in [-0.05, 0) is 37.5 Å². The largest absolute Gasteiger partial charge is 0.497 e. The van der Waals surface area contributed by atoms with E-state index in [1.165, 1.54) is 24.6 Å². The van der Waals surface area contributed by atoms with Gasteiger partial charge in [-0.1, -0.05) is 30.3 Å². The van der Waals surface area contributed by atoms with Gasteiger partial charge in [0, 0.05) is 25.7 Å². The second-order valence-corrected chi connectivity index (χ2v) is 9.59. The number of amides is 1. The molecule has 0 radical (unpaired) electrons. The van der Waals surface area contributed by atoms with Gasteiger partial charge in [-0.15, -0.1) is 0 Å². The minimum absolute atomic E-state index is 0.0401. The number of piperidine rings is 1. The van der Waals surface area contributed by atoms with Gasteiger partial charge in [0.05, 0.1) is 19.6 Å². The summed E-state index contributed by atoms with van der Waals surface area (Å²) in [6, 6.07) is 14.3. The lowest BCUT2D eigenvalue weighted by atomic mass is 9.82. The third-order valence-corrected chi connectivity index (χ3v) is 7.36. The number of hydrogen-bond donors (Lipinski definition) is 1. The fourth-order valence-electron chi connectivity index (χ4n) is 3.70. The van der Waals surface area contributed by atoms with Crippen molar-refractivity contribution in [3.05, 3.63) is 54.1 Å². The maximum Gasteiger partial charge on any atom is 0.246 e. The Morgan fingerprint density at radius 1 is 1.13 bits per heavy atom. The first kappa shape index (κ1) is 22.1. The molecule has 0 unspecified atom stereocenters. The molecule has 2 aromatic rings. The number of benzene rings is 2. The Morgan fingerprint density at radius 2 is 1.87 bits per heavy atom. The summed E-state index contributed by atoms with van der Waals surface area (Å²) in [5.41, 5.74) is 0.183. The number of nitrogens with one attached hydrogen (secondary N) is 1. The highest BCUT2D eigenvalue weighted by Gasteiger charge is 2.42. The van der Waals surface area contributed by atoms with Crippen molar-refractivity contribution < 1.29 is 22.7 Å². The Morgan fingerprint density at radius 3 is 2.53 bits per heavy atom. The fraction of sp³-hybridized carbons (Fsp3) is 0.409. The number of carbonyl (C=O) groups excluding carboxylic acids is 1. The Bertz CT molecular complexity index is 994. The molecule has 0 bridgehead atoms. The standard InChI is InChI=1S/C22H28N2O5S/c1-22(21(25)23-15-17-8-5-4-6-9-17)12-7-13-24(16-22)30(26,27)20-14-18(28-2)10-11-19(20)29-3/h4-6,8-11,14H,7,12-13,15-16H2,1-3H3,(H,23,25)/t22-/m0/s1. The lowest BCUT2D eigenvalue weighted by molar-refractivity contribution is -0.132. The average molecular weight is 433 g/mol. The van der Waals surface area contributed by atoms with Gasteiger partial charge >= 0.3 is 0 Å². The van der Waals surface area contributed by atoms with Crippen molar-refractivity contribution in [1.29, 1.82) is 0 Å². The van der Waals surface area contributed by atoms with E-state index in [-0.39, 0.29) is 23.1 Å². The minimum atomic E-state index is -3.86. The molecule has 1 atom stereocenters. The molecule has 3 rings (SSSR count). The highest BCUT2D eigenvalue weighted by Crippen LogP contribution is 2.36. The number of nitrogens with zero attached hydrogens (tertiary/aromatic N) is 1.